The highest BCUT2D eigenvalue weighted by molar-refractivity contribution is 7.27. The van der Waals surface area contributed by atoms with Crippen LogP contribution in [-0.2, 0) is 0 Å². The molecule has 204 valence electrons. The van der Waals surface area contributed by atoms with Crippen molar-refractivity contribution in [3.05, 3.63) is 139 Å². The molecule has 0 aliphatic heterocycles. The lowest BCUT2D eigenvalue weighted by Crippen LogP contribution is -1.97. The highest BCUT2D eigenvalue weighted by Gasteiger charge is 2.22. The highest BCUT2D eigenvalue weighted by atomic mass is 32.1. The van der Waals surface area contributed by atoms with Gasteiger partial charge in [-0.3, -0.25) is 0 Å². The van der Waals surface area contributed by atoms with E-state index in [0.717, 1.165) is 33.7 Å². The molecule has 0 amide bonds. The standard InChI is InChI=1S/C40H23N3S/c1-2-25-12-6-8-17-32(25)43-33-18-9-7-15-28(33)36-31-24-30(26-13-4-3-5-14-26)38-37-29(40-41-22-11-23-42-40)16-10-19-35(37)44-39(38)27(31)20-21-34(36)43/h1,3-24H. The Bertz CT molecular complexity index is 2600. The Balaban J connectivity index is 1.50. The summed E-state index contributed by atoms with van der Waals surface area (Å²) in [7, 11) is 0. The Morgan fingerprint density at radius 3 is 2.25 bits per heavy atom. The minimum atomic E-state index is 0.739. The van der Waals surface area contributed by atoms with E-state index in [4.69, 9.17) is 6.42 Å². The number of hydrogen-bond acceptors (Lipinski definition) is 3. The molecule has 0 atom stereocenters. The van der Waals surface area contributed by atoms with Gasteiger partial charge in [0.1, 0.15) is 0 Å². The molecule has 0 aliphatic rings. The number of thiophene rings is 1. The van der Waals surface area contributed by atoms with Crippen LogP contribution in [0.3, 0.4) is 0 Å². The zero-order chi connectivity index (χ0) is 29.2. The van der Waals surface area contributed by atoms with Gasteiger partial charge in [-0.1, -0.05) is 84.8 Å². The van der Waals surface area contributed by atoms with Crippen molar-refractivity contribution >= 4 is 64.1 Å². The first-order chi connectivity index (χ1) is 21.8. The molecule has 4 heteroatoms. The third-order valence-electron chi connectivity index (χ3n) is 8.59. The monoisotopic (exact) mass is 577 g/mol. The summed E-state index contributed by atoms with van der Waals surface area (Å²) >= 11 is 1.84. The maximum atomic E-state index is 6.00. The molecule has 3 nitrogen and oxygen atoms in total. The van der Waals surface area contributed by atoms with E-state index in [-0.39, 0.29) is 0 Å². The van der Waals surface area contributed by atoms with Crippen molar-refractivity contribution in [3.63, 3.8) is 0 Å². The lowest BCUT2D eigenvalue weighted by Gasteiger charge is -2.12. The first kappa shape index (κ1) is 24.8. The fourth-order valence-electron chi connectivity index (χ4n) is 6.77. The smallest absolute Gasteiger partial charge is 0.159 e. The summed E-state index contributed by atoms with van der Waals surface area (Å²) in [6.45, 7) is 0. The predicted octanol–water partition coefficient (Wildman–Crippen LogP) is 10.4. The number of fused-ring (bicyclic) bond motifs is 9. The summed E-state index contributed by atoms with van der Waals surface area (Å²) in [6.07, 6.45) is 9.63. The molecule has 0 N–H and O–H groups in total. The Labute approximate surface area is 257 Å². The van der Waals surface area contributed by atoms with E-state index in [9.17, 15) is 0 Å². The molecular formula is C40H23N3S. The first-order valence-corrected chi connectivity index (χ1v) is 15.4. The van der Waals surface area contributed by atoms with Crippen LogP contribution in [0.5, 0.6) is 0 Å². The molecule has 0 spiro atoms. The molecule has 0 saturated heterocycles. The third kappa shape index (κ3) is 3.51. The number of para-hydroxylation sites is 2. The summed E-state index contributed by atoms with van der Waals surface area (Å²) < 4.78 is 4.81. The van der Waals surface area contributed by atoms with Crippen LogP contribution in [0.15, 0.2) is 134 Å². The van der Waals surface area contributed by atoms with E-state index in [0.29, 0.717) is 0 Å². The van der Waals surface area contributed by atoms with Gasteiger partial charge in [-0.25, -0.2) is 9.97 Å². The number of rotatable bonds is 3. The zero-order valence-corrected chi connectivity index (χ0v) is 24.3. The number of terminal acetylenes is 1. The normalized spacial score (nSPS) is 11.6. The Hall–Kier alpha value is -5.76. The molecular weight excluding hydrogens is 555 g/mol. The van der Waals surface area contributed by atoms with Crippen molar-refractivity contribution in [2.24, 2.45) is 0 Å². The van der Waals surface area contributed by atoms with E-state index in [1.54, 1.807) is 0 Å². The Morgan fingerprint density at radius 2 is 1.39 bits per heavy atom. The summed E-state index contributed by atoms with van der Waals surface area (Å²) in [5.74, 6) is 3.65. The minimum absolute atomic E-state index is 0.739. The van der Waals surface area contributed by atoms with Crippen LogP contribution >= 0.6 is 11.3 Å². The molecule has 0 aliphatic carbocycles. The average molecular weight is 578 g/mol. The van der Waals surface area contributed by atoms with E-state index in [2.05, 4.69) is 124 Å². The van der Waals surface area contributed by atoms with Gasteiger partial charge in [0.05, 0.1) is 16.7 Å². The Kier molecular flexibility index (Phi) is 5.43. The van der Waals surface area contributed by atoms with E-state index >= 15 is 0 Å². The molecule has 9 aromatic rings. The second-order valence-electron chi connectivity index (χ2n) is 10.9. The SMILES string of the molecule is C#Cc1ccccc1-n1c2ccccc2c2c3cc(-c4ccccc4)c4c(sc5cccc(-c6ncccn6)c54)c3ccc21. The number of hydrogen-bond donors (Lipinski definition) is 0. The van der Waals surface area contributed by atoms with Crippen molar-refractivity contribution in [2.45, 2.75) is 0 Å². The number of benzene rings is 6. The quantitative estimate of drug-likeness (QED) is 0.196. The van der Waals surface area contributed by atoms with Gasteiger partial charge in [-0.05, 0) is 59.0 Å². The van der Waals surface area contributed by atoms with Gasteiger partial charge in [0.15, 0.2) is 5.82 Å². The second kappa shape index (κ2) is 9.64. The van der Waals surface area contributed by atoms with Crippen LogP contribution in [0, 0.1) is 12.3 Å². The highest BCUT2D eigenvalue weighted by Crippen LogP contribution is 2.49. The van der Waals surface area contributed by atoms with E-state index in [1.807, 2.05) is 41.9 Å². The van der Waals surface area contributed by atoms with Crippen LogP contribution in [-0.4, -0.2) is 14.5 Å². The van der Waals surface area contributed by atoms with Crippen LogP contribution in [0.1, 0.15) is 5.56 Å². The Morgan fingerprint density at radius 1 is 0.591 bits per heavy atom. The van der Waals surface area contributed by atoms with Crippen LogP contribution in [0.4, 0.5) is 0 Å². The molecule has 6 aromatic carbocycles. The van der Waals surface area contributed by atoms with Crippen LogP contribution in [0.2, 0.25) is 0 Å². The molecule has 3 aromatic heterocycles. The summed E-state index contributed by atoms with van der Waals surface area (Å²) in [6, 6.07) is 42.8. The van der Waals surface area contributed by atoms with Crippen molar-refractivity contribution < 1.29 is 0 Å². The number of aromatic nitrogens is 3. The average Bonchev–Trinajstić information content (AvgIpc) is 3.65. The summed E-state index contributed by atoms with van der Waals surface area (Å²) in [5, 5.41) is 7.34. The second-order valence-corrected chi connectivity index (χ2v) is 12.0. The number of nitrogens with zero attached hydrogens (tertiary/aromatic N) is 3. The lowest BCUT2D eigenvalue weighted by atomic mass is 9.92. The molecule has 0 fully saturated rings. The summed E-state index contributed by atoms with van der Waals surface area (Å²) in [4.78, 5) is 9.30. The maximum absolute atomic E-state index is 6.00. The molecule has 0 unspecified atom stereocenters. The van der Waals surface area contributed by atoms with Gasteiger partial charge in [0.2, 0.25) is 0 Å². The van der Waals surface area contributed by atoms with Crippen molar-refractivity contribution in [1.29, 1.82) is 0 Å². The molecule has 0 bridgehead atoms. The van der Waals surface area contributed by atoms with E-state index in [1.165, 1.54) is 52.8 Å². The molecule has 0 saturated carbocycles. The van der Waals surface area contributed by atoms with Crippen LogP contribution in [0.25, 0.3) is 81.0 Å². The van der Waals surface area contributed by atoms with Gasteiger partial charge >= 0.3 is 0 Å². The third-order valence-corrected chi connectivity index (χ3v) is 9.78. The molecule has 0 radical (unpaired) electrons. The zero-order valence-electron chi connectivity index (χ0n) is 23.5. The maximum Gasteiger partial charge on any atom is 0.159 e. The fraction of sp³-hybridized carbons (Fsp3) is 0. The van der Waals surface area contributed by atoms with Gasteiger partial charge in [0, 0.05) is 59.9 Å². The first-order valence-electron chi connectivity index (χ1n) is 14.5. The molecule has 44 heavy (non-hydrogen) atoms. The lowest BCUT2D eigenvalue weighted by molar-refractivity contribution is 1.17. The minimum Gasteiger partial charge on any atom is -0.308 e. The van der Waals surface area contributed by atoms with Crippen molar-refractivity contribution in [3.8, 4) is 40.5 Å². The van der Waals surface area contributed by atoms with E-state index < -0.39 is 0 Å². The largest absolute Gasteiger partial charge is 0.308 e. The van der Waals surface area contributed by atoms with Gasteiger partial charge < -0.3 is 4.57 Å². The molecule has 3 heterocycles. The molecule has 9 rings (SSSR count). The van der Waals surface area contributed by atoms with Gasteiger partial charge in [-0.2, -0.15) is 0 Å². The van der Waals surface area contributed by atoms with Crippen molar-refractivity contribution in [2.75, 3.05) is 0 Å². The fourth-order valence-corrected chi connectivity index (χ4v) is 8.05. The van der Waals surface area contributed by atoms with Gasteiger partial charge in [-0.15, -0.1) is 17.8 Å². The predicted molar refractivity (Wildman–Crippen MR) is 186 cm³/mol. The van der Waals surface area contributed by atoms with Crippen LogP contribution < -0.4 is 0 Å². The van der Waals surface area contributed by atoms with Crippen molar-refractivity contribution in [1.82, 2.24) is 14.5 Å². The summed E-state index contributed by atoms with van der Waals surface area (Å²) in [5.41, 5.74) is 7.60. The topological polar surface area (TPSA) is 30.7 Å². The van der Waals surface area contributed by atoms with Gasteiger partial charge in [0.25, 0.3) is 0 Å².